The maximum absolute atomic E-state index is 13.4. The SMILES string of the molecule is Cc1cc(/C=C2\C(=O)NC(=O)N(c3cccc(F)c3)C2=O)c(C)o1. The molecule has 0 unspecified atom stereocenters. The van der Waals surface area contributed by atoms with E-state index in [1.54, 1.807) is 19.9 Å². The Morgan fingerprint density at radius 2 is 1.92 bits per heavy atom. The van der Waals surface area contributed by atoms with Crippen molar-refractivity contribution >= 4 is 29.6 Å². The zero-order chi connectivity index (χ0) is 17.4. The third kappa shape index (κ3) is 2.71. The van der Waals surface area contributed by atoms with Gasteiger partial charge in [0.15, 0.2) is 0 Å². The van der Waals surface area contributed by atoms with Gasteiger partial charge in [0, 0.05) is 5.56 Å². The molecular formula is C17H13FN2O4. The molecule has 7 heteroatoms. The third-order valence-electron chi connectivity index (χ3n) is 3.55. The molecule has 2 heterocycles. The molecule has 1 saturated heterocycles. The number of imide groups is 2. The number of hydrogen-bond donors (Lipinski definition) is 1. The molecule has 0 bridgehead atoms. The van der Waals surface area contributed by atoms with Gasteiger partial charge in [0.25, 0.3) is 11.8 Å². The standard InChI is InChI=1S/C17H13FN2O4/c1-9-6-11(10(2)24-9)7-14-15(21)19-17(23)20(16(14)22)13-5-3-4-12(18)8-13/h3-8H,1-2H3,(H,19,21,23)/b14-7+. The summed E-state index contributed by atoms with van der Waals surface area (Å²) in [6.07, 6.45) is 1.35. The lowest BCUT2D eigenvalue weighted by atomic mass is 10.1. The highest BCUT2D eigenvalue weighted by Gasteiger charge is 2.37. The second-order valence-corrected chi connectivity index (χ2v) is 5.31. The number of barbiturate groups is 1. The number of halogens is 1. The summed E-state index contributed by atoms with van der Waals surface area (Å²) in [7, 11) is 0. The number of rotatable bonds is 2. The normalized spacial score (nSPS) is 16.7. The van der Waals surface area contributed by atoms with E-state index < -0.39 is 23.7 Å². The van der Waals surface area contributed by atoms with Crippen molar-refractivity contribution < 1.29 is 23.2 Å². The Bertz CT molecular complexity index is 898. The lowest BCUT2D eigenvalue weighted by Gasteiger charge is -2.26. The predicted octanol–water partition coefficient (Wildman–Crippen LogP) is 2.70. The first-order valence-electron chi connectivity index (χ1n) is 7.11. The summed E-state index contributed by atoms with van der Waals surface area (Å²) < 4.78 is 18.7. The maximum Gasteiger partial charge on any atom is 0.335 e. The molecule has 1 N–H and O–H groups in total. The average Bonchev–Trinajstić information content (AvgIpc) is 2.81. The van der Waals surface area contributed by atoms with Gasteiger partial charge in [-0.3, -0.25) is 14.9 Å². The fourth-order valence-corrected chi connectivity index (χ4v) is 2.46. The number of benzene rings is 1. The van der Waals surface area contributed by atoms with Gasteiger partial charge in [0.05, 0.1) is 5.69 Å². The number of furan rings is 1. The van der Waals surface area contributed by atoms with Crippen LogP contribution in [0.3, 0.4) is 0 Å². The monoisotopic (exact) mass is 328 g/mol. The van der Waals surface area contributed by atoms with Gasteiger partial charge in [-0.05, 0) is 44.2 Å². The molecule has 0 aliphatic carbocycles. The number of nitrogens with one attached hydrogen (secondary N) is 1. The fraction of sp³-hybridized carbons (Fsp3) is 0.118. The van der Waals surface area contributed by atoms with Crippen LogP contribution in [0.1, 0.15) is 17.1 Å². The van der Waals surface area contributed by atoms with Crippen molar-refractivity contribution in [3.8, 4) is 0 Å². The molecule has 0 radical (unpaired) electrons. The van der Waals surface area contributed by atoms with Crippen LogP contribution in [-0.2, 0) is 9.59 Å². The van der Waals surface area contributed by atoms with Crippen LogP contribution < -0.4 is 10.2 Å². The number of nitrogens with zero attached hydrogens (tertiary/aromatic N) is 1. The molecule has 122 valence electrons. The minimum Gasteiger partial charge on any atom is -0.466 e. The van der Waals surface area contributed by atoms with E-state index in [1.165, 1.54) is 24.3 Å². The van der Waals surface area contributed by atoms with Crippen LogP contribution in [0.5, 0.6) is 0 Å². The zero-order valence-corrected chi connectivity index (χ0v) is 12.9. The summed E-state index contributed by atoms with van der Waals surface area (Å²) in [5, 5.41) is 2.08. The van der Waals surface area contributed by atoms with Crippen molar-refractivity contribution in [2.24, 2.45) is 0 Å². The number of aryl methyl sites for hydroxylation is 2. The van der Waals surface area contributed by atoms with Gasteiger partial charge in [-0.15, -0.1) is 0 Å². The highest BCUT2D eigenvalue weighted by molar-refractivity contribution is 6.39. The molecule has 1 aromatic carbocycles. The lowest BCUT2D eigenvalue weighted by Crippen LogP contribution is -2.54. The highest BCUT2D eigenvalue weighted by atomic mass is 19.1. The molecular weight excluding hydrogens is 315 g/mol. The van der Waals surface area contributed by atoms with E-state index in [-0.39, 0.29) is 11.3 Å². The van der Waals surface area contributed by atoms with Gasteiger partial charge in [0.2, 0.25) is 0 Å². The second kappa shape index (κ2) is 5.77. The summed E-state index contributed by atoms with van der Waals surface area (Å²) in [5.41, 5.74) is 0.360. The minimum absolute atomic E-state index is 0.0380. The van der Waals surface area contributed by atoms with Gasteiger partial charge >= 0.3 is 6.03 Å². The number of anilines is 1. The Kier molecular flexibility index (Phi) is 3.76. The van der Waals surface area contributed by atoms with Crippen molar-refractivity contribution in [3.05, 3.63) is 58.8 Å². The van der Waals surface area contributed by atoms with Gasteiger partial charge in [0.1, 0.15) is 22.9 Å². The average molecular weight is 328 g/mol. The fourth-order valence-electron chi connectivity index (χ4n) is 2.46. The Balaban J connectivity index is 2.05. The first-order valence-corrected chi connectivity index (χ1v) is 7.11. The smallest absolute Gasteiger partial charge is 0.335 e. The molecule has 0 saturated carbocycles. The van der Waals surface area contributed by atoms with Crippen LogP contribution in [0.25, 0.3) is 6.08 Å². The quantitative estimate of drug-likeness (QED) is 0.679. The molecule has 3 rings (SSSR count). The van der Waals surface area contributed by atoms with Crippen molar-refractivity contribution in [1.82, 2.24) is 5.32 Å². The number of carbonyl (C=O) groups excluding carboxylic acids is 3. The molecule has 2 aromatic rings. The summed E-state index contributed by atoms with van der Waals surface area (Å²) >= 11 is 0. The van der Waals surface area contributed by atoms with Crippen molar-refractivity contribution in [2.45, 2.75) is 13.8 Å². The summed E-state index contributed by atoms with van der Waals surface area (Å²) in [4.78, 5) is 37.4. The number of amides is 4. The van der Waals surface area contributed by atoms with Crippen LogP contribution in [0.2, 0.25) is 0 Å². The minimum atomic E-state index is -0.923. The van der Waals surface area contributed by atoms with Crippen LogP contribution in [-0.4, -0.2) is 17.8 Å². The van der Waals surface area contributed by atoms with Crippen molar-refractivity contribution in [3.63, 3.8) is 0 Å². The molecule has 4 amide bonds. The van der Waals surface area contributed by atoms with Gasteiger partial charge < -0.3 is 4.42 Å². The maximum atomic E-state index is 13.4. The molecule has 24 heavy (non-hydrogen) atoms. The van der Waals surface area contributed by atoms with Gasteiger partial charge in [-0.2, -0.15) is 0 Å². The summed E-state index contributed by atoms with van der Waals surface area (Å²) in [6, 6.07) is 5.75. The van der Waals surface area contributed by atoms with Crippen molar-refractivity contribution in [1.29, 1.82) is 0 Å². The molecule has 1 aliphatic heterocycles. The Hall–Kier alpha value is -3.22. The Morgan fingerprint density at radius 1 is 1.17 bits per heavy atom. The molecule has 1 aliphatic rings. The highest BCUT2D eigenvalue weighted by Crippen LogP contribution is 2.24. The predicted molar refractivity (Wildman–Crippen MR) is 83.6 cm³/mol. The molecule has 0 atom stereocenters. The Morgan fingerprint density at radius 3 is 2.54 bits per heavy atom. The van der Waals surface area contributed by atoms with E-state index in [2.05, 4.69) is 5.32 Å². The Labute approximate surface area is 136 Å². The van der Waals surface area contributed by atoms with Crippen LogP contribution in [0.15, 0.2) is 40.3 Å². The van der Waals surface area contributed by atoms with E-state index >= 15 is 0 Å². The van der Waals surface area contributed by atoms with Crippen LogP contribution in [0.4, 0.5) is 14.9 Å². The van der Waals surface area contributed by atoms with Crippen LogP contribution >= 0.6 is 0 Å². The molecule has 0 spiro atoms. The largest absolute Gasteiger partial charge is 0.466 e. The van der Waals surface area contributed by atoms with E-state index in [4.69, 9.17) is 4.42 Å². The van der Waals surface area contributed by atoms with Crippen molar-refractivity contribution in [2.75, 3.05) is 4.90 Å². The number of hydrogen-bond acceptors (Lipinski definition) is 4. The first-order chi connectivity index (χ1) is 11.4. The van der Waals surface area contributed by atoms with E-state index in [0.29, 0.717) is 17.1 Å². The second-order valence-electron chi connectivity index (χ2n) is 5.31. The number of carbonyl (C=O) groups is 3. The summed E-state index contributed by atoms with van der Waals surface area (Å²) in [6.45, 7) is 3.43. The zero-order valence-electron chi connectivity index (χ0n) is 12.9. The van der Waals surface area contributed by atoms with Gasteiger partial charge in [-0.1, -0.05) is 6.07 Å². The van der Waals surface area contributed by atoms with E-state index in [9.17, 15) is 18.8 Å². The topological polar surface area (TPSA) is 79.6 Å². The first kappa shape index (κ1) is 15.7. The third-order valence-corrected chi connectivity index (χ3v) is 3.55. The molecule has 6 nitrogen and oxygen atoms in total. The molecule has 1 aromatic heterocycles. The van der Waals surface area contributed by atoms with Gasteiger partial charge in [-0.25, -0.2) is 14.1 Å². The summed E-state index contributed by atoms with van der Waals surface area (Å²) in [5.74, 6) is -1.07. The number of urea groups is 1. The van der Waals surface area contributed by atoms with Crippen LogP contribution in [0, 0.1) is 19.7 Å². The lowest BCUT2D eigenvalue weighted by molar-refractivity contribution is -0.122. The van der Waals surface area contributed by atoms with E-state index in [0.717, 1.165) is 11.0 Å². The molecule has 1 fully saturated rings. The van der Waals surface area contributed by atoms with E-state index in [1.807, 2.05) is 0 Å².